The first kappa shape index (κ1) is 12.8. The topological polar surface area (TPSA) is 67.3 Å². The highest BCUT2D eigenvalue weighted by atomic mass is 32.1. The van der Waals surface area contributed by atoms with Gasteiger partial charge < -0.3 is 15.0 Å². The van der Waals surface area contributed by atoms with E-state index in [1.807, 2.05) is 0 Å². The Hall–Kier alpha value is -1.28. The van der Waals surface area contributed by atoms with E-state index in [2.05, 4.69) is 14.9 Å². The van der Waals surface area contributed by atoms with Gasteiger partial charge in [0.25, 0.3) is 0 Å². The van der Waals surface area contributed by atoms with E-state index in [1.54, 1.807) is 25.9 Å². The molecule has 0 fully saturated rings. The van der Waals surface area contributed by atoms with Crippen molar-refractivity contribution in [3.05, 3.63) is 5.69 Å². The zero-order chi connectivity index (χ0) is 12.1. The Labute approximate surface area is 103 Å². The van der Waals surface area contributed by atoms with Crippen LogP contribution in [0.15, 0.2) is 0 Å². The van der Waals surface area contributed by atoms with E-state index in [9.17, 15) is 4.79 Å². The second-order valence-electron chi connectivity index (χ2n) is 3.00. The molecule has 1 aromatic heterocycles. The number of anilines is 1. The molecule has 0 aliphatic heterocycles. The summed E-state index contributed by atoms with van der Waals surface area (Å²) in [5.74, 6) is -0.500. The van der Waals surface area contributed by atoms with E-state index in [0.29, 0.717) is 16.7 Å². The second kappa shape index (κ2) is 5.71. The fourth-order valence-corrected chi connectivity index (χ4v) is 1.54. The van der Waals surface area contributed by atoms with Crippen molar-refractivity contribution < 1.29 is 9.53 Å². The molecule has 0 spiro atoms. The Morgan fingerprint density at radius 3 is 2.88 bits per heavy atom. The van der Waals surface area contributed by atoms with Gasteiger partial charge in [-0.25, -0.2) is 4.79 Å². The van der Waals surface area contributed by atoms with E-state index >= 15 is 0 Å². The standard InChI is InChI=1S/C8H12N4O2S2/c1-4-14-7(13)5-6(16-11-10-5)9-8(15)12(2)3/h4H2,1-3H3,(H,9,15). The summed E-state index contributed by atoms with van der Waals surface area (Å²) in [6.07, 6.45) is 0. The summed E-state index contributed by atoms with van der Waals surface area (Å²) in [6.45, 7) is 2.03. The molecule has 0 aromatic carbocycles. The molecular formula is C8H12N4O2S2. The molecule has 0 amide bonds. The van der Waals surface area contributed by atoms with Gasteiger partial charge in [0.2, 0.25) is 5.69 Å². The summed E-state index contributed by atoms with van der Waals surface area (Å²) in [7, 11) is 3.60. The zero-order valence-electron chi connectivity index (χ0n) is 9.18. The van der Waals surface area contributed by atoms with Gasteiger partial charge in [0.1, 0.15) is 0 Å². The van der Waals surface area contributed by atoms with Gasteiger partial charge in [-0.3, -0.25) is 0 Å². The minimum absolute atomic E-state index is 0.163. The first-order valence-electron chi connectivity index (χ1n) is 4.54. The molecule has 16 heavy (non-hydrogen) atoms. The fraction of sp³-hybridized carbons (Fsp3) is 0.500. The second-order valence-corrected chi connectivity index (χ2v) is 4.14. The molecule has 1 heterocycles. The number of nitrogens with zero attached hydrogens (tertiary/aromatic N) is 3. The number of hydrogen-bond acceptors (Lipinski definition) is 6. The Kier molecular flexibility index (Phi) is 4.56. The number of hydrogen-bond donors (Lipinski definition) is 1. The molecule has 0 aliphatic carbocycles. The smallest absolute Gasteiger partial charge is 0.362 e. The number of carbonyl (C=O) groups is 1. The Morgan fingerprint density at radius 1 is 1.62 bits per heavy atom. The molecule has 0 aliphatic rings. The predicted octanol–water partition coefficient (Wildman–Crippen LogP) is 0.973. The summed E-state index contributed by atoms with van der Waals surface area (Å²) >= 11 is 6.11. The summed E-state index contributed by atoms with van der Waals surface area (Å²) in [5.41, 5.74) is 0.163. The van der Waals surface area contributed by atoms with Crippen molar-refractivity contribution in [3.8, 4) is 0 Å². The lowest BCUT2D eigenvalue weighted by molar-refractivity contribution is 0.0520. The third kappa shape index (κ3) is 3.11. The molecule has 0 saturated heterocycles. The predicted molar refractivity (Wildman–Crippen MR) is 65.8 cm³/mol. The first-order valence-corrected chi connectivity index (χ1v) is 5.72. The van der Waals surface area contributed by atoms with Crippen molar-refractivity contribution in [1.29, 1.82) is 0 Å². The van der Waals surface area contributed by atoms with Crippen LogP contribution in [-0.4, -0.2) is 46.3 Å². The van der Waals surface area contributed by atoms with E-state index < -0.39 is 5.97 Å². The first-order chi connectivity index (χ1) is 7.56. The average molecular weight is 260 g/mol. The van der Waals surface area contributed by atoms with Crippen molar-refractivity contribution in [3.63, 3.8) is 0 Å². The number of nitrogens with one attached hydrogen (secondary N) is 1. The number of aromatic nitrogens is 2. The lowest BCUT2D eigenvalue weighted by Crippen LogP contribution is -2.27. The molecule has 0 bridgehead atoms. The molecule has 88 valence electrons. The van der Waals surface area contributed by atoms with Gasteiger partial charge in [0.15, 0.2) is 10.1 Å². The van der Waals surface area contributed by atoms with Gasteiger partial charge in [0.05, 0.1) is 6.61 Å². The van der Waals surface area contributed by atoms with Crippen molar-refractivity contribution in [2.45, 2.75) is 6.92 Å². The van der Waals surface area contributed by atoms with Crippen LogP contribution in [0.4, 0.5) is 5.00 Å². The maximum Gasteiger partial charge on any atom is 0.362 e. The molecular weight excluding hydrogens is 248 g/mol. The highest BCUT2D eigenvalue weighted by Crippen LogP contribution is 2.18. The molecule has 0 atom stereocenters. The molecule has 1 aromatic rings. The molecule has 0 unspecified atom stereocenters. The molecule has 1 rings (SSSR count). The lowest BCUT2D eigenvalue weighted by Gasteiger charge is -2.14. The number of esters is 1. The maximum atomic E-state index is 11.5. The van der Waals surface area contributed by atoms with Crippen LogP contribution in [0.5, 0.6) is 0 Å². The summed E-state index contributed by atoms with van der Waals surface area (Å²) < 4.78 is 8.53. The largest absolute Gasteiger partial charge is 0.461 e. The van der Waals surface area contributed by atoms with Gasteiger partial charge in [-0.05, 0) is 19.1 Å². The minimum Gasteiger partial charge on any atom is -0.461 e. The summed E-state index contributed by atoms with van der Waals surface area (Å²) in [5, 5.41) is 7.56. The fourth-order valence-electron chi connectivity index (χ4n) is 0.815. The van der Waals surface area contributed by atoms with E-state index in [-0.39, 0.29) is 5.69 Å². The van der Waals surface area contributed by atoms with Crippen LogP contribution in [0.25, 0.3) is 0 Å². The molecule has 0 saturated carbocycles. The Morgan fingerprint density at radius 2 is 2.31 bits per heavy atom. The zero-order valence-corrected chi connectivity index (χ0v) is 10.8. The van der Waals surface area contributed by atoms with E-state index in [4.69, 9.17) is 17.0 Å². The Balaban J connectivity index is 2.78. The summed E-state index contributed by atoms with van der Waals surface area (Å²) in [4.78, 5) is 13.2. The monoisotopic (exact) mass is 260 g/mol. The van der Waals surface area contributed by atoms with Crippen molar-refractivity contribution in [2.24, 2.45) is 0 Å². The van der Waals surface area contributed by atoms with Crippen LogP contribution < -0.4 is 5.32 Å². The van der Waals surface area contributed by atoms with Gasteiger partial charge in [-0.1, -0.05) is 4.49 Å². The van der Waals surface area contributed by atoms with Gasteiger partial charge in [-0.2, -0.15) is 0 Å². The van der Waals surface area contributed by atoms with Crippen LogP contribution in [-0.2, 0) is 4.74 Å². The van der Waals surface area contributed by atoms with Crippen molar-refractivity contribution in [1.82, 2.24) is 14.5 Å². The molecule has 8 heteroatoms. The SMILES string of the molecule is CCOC(=O)c1nnsc1NC(=S)N(C)C. The normalized spacial score (nSPS) is 9.69. The van der Waals surface area contributed by atoms with Crippen LogP contribution in [0, 0.1) is 0 Å². The van der Waals surface area contributed by atoms with Gasteiger partial charge in [0, 0.05) is 25.6 Å². The quantitative estimate of drug-likeness (QED) is 0.641. The Bertz CT molecular complexity index is 391. The van der Waals surface area contributed by atoms with Crippen LogP contribution in [0.2, 0.25) is 0 Å². The van der Waals surface area contributed by atoms with Crippen LogP contribution >= 0.6 is 23.8 Å². The van der Waals surface area contributed by atoms with Crippen LogP contribution in [0.3, 0.4) is 0 Å². The number of thiocarbonyl (C=S) groups is 1. The highest BCUT2D eigenvalue weighted by Gasteiger charge is 2.18. The van der Waals surface area contributed by atoms with Crippen molar-refractivity contribution in [2.75, 3.05) is 26.0 Å². The third-order valence-corrected chi connectivity index (χ3v) is 2.69. The summed E-state index contributed by atoms with van der Waals surface area (Å²) in [6, 6.07) is 0. The molecule has 1 N–H and O–H groups in total. The number of ether oxygens (including phenoxy) is 1. The highest BCUT2D eigenvalue weighted by molar-refractivity contribution is 7.80. The maximum absolute atomic E-state index is 11.5. The van der Waals surface area contributed by atoms with E-state index in [0.717, 1.165) is 11.5 Å². The van der Waals surface area contributed by atoms with Gasteiger partial charge in [-0.15, -0.1) is 5.10 Å². The van der Waals surface area contributed by atoms with Gasteiger partial charge >= 0.3 is 5.97 Å². The third-order valence-electron chi connectivity index (χ3n) is 1.58. The number of carbonyl (C=O) groups excluding carboxylic acids is 1. The molecule has 0 radical (unpaired) electrons. The number of rotatable bonds is 3. The van der Waals surface area contributed by atoms with Crippen LogP contribution in [0.1, 0.15) is 17.4 Å². The average Bonchev–Trinajstić information content (AvgIpc) is 2.66. The minimum atomic E-state index is -0.500. The van der Waals surface area contributed by atoms with Crippen molar-refractivity contribution >= 4 is 39.8 Å². The lowest BCUT2D eigenvalue weighted by atomic mass is 10.4. The van der Waals surface area contributed by atoms with E-state index in [1.165, 1.54) is 0 Å². The molecule has 6 nitrogen and oxygen atoms in total.